The molecule has 0 spiro atoms. The van der Waals surface area contributed by atoms with Gasteiger partial charge >= 0.3 is 5.97 Å². The summed E-state index contributed by atoms with van der Waals surface area (Å²) in [5.41, 5.74) is 0. The number of hydrogen-bond donors (Lipinski definition) is 2. The van der Waals surface area contributed by atoms with Gasteiger partial charge in [0.2, 0.25) is 12.2 Å². The van der Waals surface area contributed by atoms with Crippen LogP contribution in [0.1, 0.15) is 96.8 Å². The fraction of sp³-hybridized carbons (Fsp3) is 0.880. The quantitative estimate of drug-likeness (QED) is 0.346. The molecule has 8 heteroatoms. The number of esters is 1. The van der Waals surface area contributed by atoms with Crippen molar-refractivity contribution in [3.05, 3.63) is 0 Å². The number of ether oxygens (including phenoxy) is 1. The van der Waals surface area contributed by atoms with E-state index in [0.29, 0.717) is 19.4 Å². The van der Waals surface area contributed by atoms with Gasteiger partial charge in [0, 0.05) is 13.0 Å². The van der Waals surface area contributed by atoms with Crippen molar-refractivity contribution in [3.63, 3.8) is 0 Å². The normalized spacial score (nSPS) is 28.0. The number of carbonyl (C=O) groups is 1. The molecule has 188 valence electrons. The number of hydrogen-bond acceptors (Lipinski definition) is 8. The van der Waals surface area contributed by atoms with Crippen LogP contribution in [0.3, 0.4) is 0 Å². The molecule has 3 aliphatic rings. The molecule has 0 aromatic carbocycles. The number of aliphatic imine (C=N–C) groups is 2. The van der Waals surface area contributed by atoms with E-state index >= 15 is 0 Å². The predicted octanol–water partition coefficient (Wildman–Crippen LogP) is 4.02. The molecule has 3 rings (SSSR count). The molecular weight excluding hydrogens is 424 g/mol. The third-order valence-electron chi connectivity index (χ3n) is 6.60. The van der Waals surface area contributed by atoms with E-state index in [9.17, 15) is 14.4 Å². The first-order chi connectivity index (χ1) is 16.0. The van der Waals surface area contributed by atoms with Crippen molar-refractivity contribution in [2.24, 2.45) is 21.8 Å². The van der Waals surface area contributed by atoms with Crippen molar-refractivity contribution in [2.75, 3.05) is 13.2 Å². The summed E-state index contributed by atoms with van der Waals surface area (Å²) in [5, 5.41) is 16.5. The summed E-state index contributed by atoms with van der Waals surface area (Å²) in [6, 6.07) is 0.456. The zero-order valence-corrected chi connectivity index (χ0v) is 20.1. The van der Waals surface area contributed by atoms with Crippen LogP contribution in [0.25, 0.3) is 0 Å². The molecule has 8 nitrogen and oxygen atoms in total. The van der Waals surface area contributed by atoms with Gasteiger partial charge in [-0.2, -0.15) is 0 Å². The van der Waals surface area contributed by atoms with Crippen LogP contribution in [-0.4, -0.2) is 59.7 Å². The van der Waals surface area contributed by atoms with Crippen LogP contribution < -0.4 is 0 Å². The highest BCUT2D eigenvalue weighted by Gasteiger charge is 2.26. The lowest BCUT2D eigenvalue weighted by atomic mass is 9.76. The molecule has 0 aromatic heterocycles. The molecular formula is C25H42N2O6. The molecule has 0 radical (unpaired) electrons. The summed E-state index contributed by atoms with van der Waals surface area (Å²) in [4.78, 5) is 38.6. The average Bonchev–Trinajstić information content (AvgIpc) is 3.05. The predicted molar refractivity (Wildman–Crippen MR) is 125 cm³/mol. The van der Waals surface area contributed by atoms with Crippen LogP contribution in [-0.2, 0) is 19.1 Å². The van der Waals surface area contributed by atoms with Crippen LogP contribution in [0.4, 0.5) is 0 Å². The maximum atomic E-state index is 10.5. The maximum Gasteiger partial charge on any atom is 0.305 e. The second-order valence-corrected chi connectivity index (χ2v) is 9.42. The zero-order valence-electron chi connectivity index (χ0n) is 20.1. The van der Waals surface area contributed by atoms with Crippen LogP contribution in [0.2, 0.25) is 0 Å². The van der Waals surface area contributed by atoms with Gasteiger partial charge in [-0.15, -0.1) is 0 Å². The highest BCUT2D eigenvalue weighted by molar-refractivity contribution is 5.69. The molecule has 0 amide bonds. The monoisotopic (exact) mass is 466 g/mol. The lowest BCUT2D eigenvalue weighted by molar-refractivity contribution is -0.142. The Morgan fingerprint density at radius 1 is 0.909 bits per heavy atom. The summed E-state index contributed by atoms with van der Waals surface area (Å²) in [7, 11) is 0. The van der Waals surface area contributed by atoms with E-state index in [1.165, 1.54) is 32.1 Å². The molecule has 1 heterocycles. The third-order valence-corrected chi connectivity index (χ3v) is 6.60. The molecule has 1 unspecified atom stereocenters. The van der Waals surface area contributed by atoms with E-state index in [4.69, 9.17) is 14.9 Å². The Bertz CT molecular complexity index is 566. The fourth-order valence-electron chi connectivity index (χ4n) is 4.63. The number of rotatable bonds is 6. The molecule has 2 N–H and O–H groups in total. The number of carbonyl (C=O) groups excluding carboxylic acids is 3. The standard InChI is InChI=1S/C15H22N2O2.C6H10O2.C4H10O2/c18-10-16-14-5-1-12(2-6-14)9-13-3-7-15(8-4-13)17-11-19;7-6-4-2-1-3-5-8-6;1-4(6)2-3-5/h12-15H,1-9H2;1-5H2;4-6H,2-3H2,1H3. The first-order valence-electron chi connectivity index (χ1n) is 12.6. The summed E-state index contributed by atoms with van der Waals surface area (Å²) in [5.74, 6) is 1.57. The van der Waals surface area contributed by atoms with Crippen LogP contribution >= 0.6 is 0 Å². The Kier molecular flexibility index (Phi) is 16.4. The zero-order chi connectivity index (χ0) is 24.3. The van der Waals surface area contributed by atoms with Gasteiger partial charge in [0.15, 0.2) is 0 Å². The number of isocyanates is 2. The SMILES string of the molecule is CC(O)CCO.O=C1CCCCCO1.O=C=NC1CCC(CC2CCC(N=C=O)CC2)CC1. The van der Waals surface area contributed by atoms with Crippen molar-refractivity contribution in [3.8, 4) is 0 Å². The minimum absolute atomic E-state index is 0.0255. The highest BCUT2D eigenvalue weighted by atomic mass is 16.5. The molecule has 33 heavy (non-hydrogen) atoms. The maximum absolute atomic E-state index is 10.5. The Hall–Kier alpha value is -1.85. The van der Waals surface area contributed by atoms with Gasteiger partial charge in [0.1, 0.15) is 0 Å². The van der Waals surface area contributed by atoms with E-state index in [1.54, 1.807) is 19.1 Å². The van der Waals surface area contributed by atoms with Crippen molar-refractivity contribution in [1.29, 1.82) is 0 Å². The van der Waals surface area contributed by atoms with Crippen molar-refractivity contribution >= 4 is 18.1 Å². The Morgan fingerprint density at radius 3 is 1.82 bits per heavy atom. The van der Waals surface area contributed by atoms with E-state index in [0.717, 1.165) is 56.8 Å². The Labute approximate surface area is 197 Å². The van der Waals surface area contributed by atoms with Gasteiger partial charge in [0.25, 0.3) is 0 Å². The summed E-state index contributed by atoms with van der Waals surface area (Å²) >= 11 is 0. The molecule has 0 bridgehead atoms. The number of cyclic esters (lactones) is 1. The molecule has 1 saturated heterocycles. The molecule has 2 aliphatic carbocycles. The van der Waals surface area contributed by atoms with Crippen molar-refractivity contribution < 1.29 is 29.3 Å². The molecule has 1 atom stereocenters. The topological polar surface area (TPSA) is 126 Å². The second kappa shape index (κ2) is 18.6. The molecule has 1 aliphatic heterocycles. The van der Waals surface area contributed by atoms with Crippen LogP contribution in [0.5, 0.6) is 0 Å². The fourth-order valence-corrected chi connectivity index (χ4v) is 4.63. The second-order valence-electron chi connectivity index (χ2n) is 9.42. The molecule has 3 fully saturated rings. The van der Waals surface area contributed by atoms with Gasteiger partial charge in [-0.05, 0) is 102 Å². The van der Waals surface area contributed by atoms with E-state index in [2.05, 4.69) is 9.98 Å². The number of nitrogens with zero attached hydrogens (tertiary/aromatic N) is 2. The summed E-state index contributed by atoms with van der Waals surface area (Å²) < 4.78 is 4.76. The first-order valence-corrected chi connectivity index (χ1v) is 12.6. The summed E-state index contributed by atoms with van der Waals surface area (Å²) in [6.45, 7) is 2.37. The number of aliphatic hydroxyl groups is 2. The third kappa shape index (κ3) is 14.8. The van der Waals surface area contributed by atoms with E-state index in [-0.39, 0.29) is 30.8 Å². The van der Waals surface area contributed by atoms with Crippen LogP contribution in [0.15, 0.2) is 9.98 Å². The molecule has 2 saturated carbocycles. The Balaban J connectivity index is 0.000000319. The van der Waals surface area contributed by atoms with Gasteiger partial charge < -0.3 is 14.9 Å². The lowest BCUT2D eigenvalue weighted by Crippen LogP contribution is -2.23. The number of aliphatic hydroxyl groups excluding tert-OH is 2. The van der Waals surface area contributed by atoms with Crippen LogP contribution in [0, 0.1) is 11.8 Å². The van der Waals surface area contributed by atoms with Crippen molar-refractivity contribution in [2.45, 2.75) is 115 Å². The van der Waals surface area contributed by atoms with E-state index < -0.39 is 0 Å². The van der Waals surface area contributed by atoms with Gasteiger partial charge in [0.05, 0.1) is 24.8 Å². The minimum Gasteiger partial charge on any atom is -0.466 e. The van der Waals surface area contributed by atoms with Crippen molar-refractivity contribution in [1.82, 2.24) is 0 Å². The van der Waals surface area contributed by atoms with Gasteiger partial charge in [-0.1, -0.05) is 0 Å². The van der Waals surface area contributed by atoms with Gasteiger partial charge in [-0.25, -0.2) is 19.6 Å². The Morgan fingerprint density at radius 2 is 1.42 bits per heavy atom. The average molecular weight is 467 g/mol. The summed E-state index contributed by atoms with van der Waals surface area (Å²) in [6.07, 6.45) is 17.6. The van der Waals surface area contributed by atoms with Gasteiger partial charge in [-0.3, -0.25) is 4.79 Å². The van der Waals surface area contributed by atoms with E-state index in [1.807, 2.05) is 0 Å². The highest BCUT2D eigenvalue weighted by Crippen LogP contribution is 2.36. The smallest absolute Gasteiger partial charge is 0.305 e. The largest absolute Gasteiger partial charge is 0.466 e. The first kappa shape index (κ1) is 29.2. The minimum atomic E-state index is -0.352. The lowest BCUT2D eigenvalue weighted by Gasteiger charge is -2.31. The molecule has 0 aromatic rings.